The van der Waals surface area contributed by atoms with E-state index in [4.69, 9.17) is 16.0 Å². The fourth-order valence-corrected chi connectivity index (χ4v) is 2.47. The summed E-state index contributed by atoms with van der Waals surface area (Å²) < 4.78 is 5.32. The van der Waals surface area contributed by atoms with Crippen LogP contribution in [0.5, 0.6) is 0 Å². The van der Waals surface area contributed by atoms with Crippen molar-refractivity contribution in [2.75, 3.05) is 0 Å². The number of halogens is 1. The number of aromatic nitrogens is 2. The maximum Gasteiger partial charge on any atom is 0.197 e. The van der Waals surface area contributed by atoms with Crippen molar-refractivity contribution in [1.82, 2.24) is 9.97 Å². The highest BCUT2D eigenvalue weighted by Gasteiger charge is 2.13. The van der Waals surface area contributed by atoms with Crippen LogP contribution in [0, 0.1) is 13.8 Å². The zero-order valence-corrected chi connectivity index (χ0v) is 12.7. The Kier molecular flexibility index (Phi) is 3.76. The van der Waals surface area contributed by atoms with E-state index in [0.717, 1.165) is 17.7 Å². The third-order valence-corrected chi connectivity index (χ3v) is 3.72. The van der Waals surface area contributed by atoms with Crippen LogP contribution in [-0.2, 0) is 6.42 Å². The maximum atomic E-state index is 6.34. The number of furan rings is 1. The Morgan fingerprint density at radius 1 is 1.05 bits per heavy atom. The Balaban J connectivity index is 1.94. The summed E-state index contributed by atoms with van der Waals surface area (Å²) in [5.74, 6) is 1.15. The van der Waals surface area contributed by atoms with Crippen LogP contribution in [0.2, 0.25) is 5.15 Å². The van der Waals surface area contributed by atoms with Crippen molar-refractivity contribution in [2.24, 2.45) is 0 Å². The highest BCUT2D eigenvalue weighted by atomic mass is 35.5. The molecule has 0 aliphatic heterocycles. The molecule has 0 saturated carbocycles. The molecule has 0 unspecified atom stereocenters. The second-order valence-electron chi connectivity index (χ2n) is 5.04. The fourth-order valence-electron chi connectivity index (χ4n) is 2.19. The molecule has 0 spiro atoms. The molecule has 0 atom stereocenters. The average Bonchev–Trinajstić information content (AvgIpc) is 2.99. The molecule has 0 radical (unpaired) electrons. The lowest BCUT2D eigenvalue weighted by Crippen LogP contribution is -2.01. The van der Waals surface area contributed by atoms with Crippen molar-refractivity contribution in [3.8, 4) is 11.6 Å². The predicted octanol–water partition coefficient (Wildman–Crippen LogP) is 4.60. The van der Waals surface area contributed by atoms with Gasteiger partial charge in [0, 0.05) is 17.7 Å². The average molecular weight is 299 g/mol. The van der Waals surface area contributed by atoms with E-state index < -0.39 is 0 Å². The molecule has 0 bridgehead atoms. The van der Waals surface area contributed by atoms with E-state index >= 15 is 0 Å². The largest absolute Gasteiger partial charge is 0.461 e. The fraction of sp³-hybridized carbons (Fsp3) is 0.176. The lowest BCUT2D eigenvalue weighted by molar-refractivity contribution is 0.576. The Bertz CT molecular complexity index is 726. The first-order valence-electron chi connectivity index (χ1n) is 6.76. The van der Waals surface area contributed by atoms with Gasteiger partial charge in [-0.2, -0.15) is 0 Å². The van der Waals surface area contributed by atoms with Crippen LogP contribution in [0.4, 0.5) is 0 Å². The van der Waals surface area contributed by atoms with E-state index in [1.807, 2.05) is 19.1 Å². The van der Waals surface area contributed by atoms with Crippen LogP contribution in [0.15, 0.2) is 47.1 Å². The van der Waals surface area contributed by atoms with Gasteiger partial charge in [-0.15, -0.1) is 0 Å². The summed E-state index contributed by atoms with van der Waals surface area (Å²) in [6.07, 6.45) is 2.32. The number of aryl methyl sites for hydroxylation is 2. The molecule has 0 fully saturated rings. The first-order chi connectivity index (χ1) is 10.1. The first-order valence-corrected chi connectivity index (χ1v) is 7.14. The second-order valence-corrected chi connectivity index (χ2v) is 5.40. The molecular formula is C17H15ClN2O. The van der Waals surface area contributed by atoms with E-state index in [0.29, 0.717) is 16.7 Å². The Morgan fingerprint density at radius 2 is 1.81 bits per heavy atom. The number of hydrogen-bond donors (Lipinski definition) is 0. The molecule has 106 valence electrons. The number of rotatable bonds is 3. The standard InChI is InChI=1S/C17H15ClN2O/c1-11-5-7-13(8-6-11)10-14-12(2)19-17(20-16(14)18)15-4-3-9-21-15/h3-9H,10H2,1-2H3. The van der Waals surface area contributed by atoms with Gasteiger partial charge in [0.1, 0.15) is 5.15 Å². The zero-order valence-electron chi connectivity index (χ0n) is 11.9. The predicted molar refractivity (Wildman–Crippen MR) is 83.5 cm³/mol. The van der Waals surface area contributed by atoms with E-state index in [1.165, 1.54) is 11.1 Å². The lowest BCUT2D eigenvalue weighted by Gasteiger charge is -2.09. The Morgan fingerprint density at radius 3 is 2.43 bits per heavy atom. The normalized spacial score (nSPS) is 10.8. The van der Waals surface area contributed by atoms with E-state index in [1.54, 1.807) is 6.26 Å². The molecule has 0 aliphatic carbocycles. The quantitative estimate of drug-likeness (QED) is 0.663. The van der Waals surface area contributed by atoms with E-state index in [9.17, 15) is 0 Å². The summed E-state index contributed by atoms with van der Waals surface area (Å²) in [4.78, 5) is 8.85. The third kappa shape index (κ3) is 2.98. The summed E-state index contributed by atoms with van der Waals surface area (Å²) >= 11 is 6.34. The molecule has 1 aromatic carbocycles. The molecule has 0 saturated heterocycles. The van der Waals surface area contributed by atoms with Crippen LogP contribution in [-0.4, -0.2) is 9.97 Å². The smallest absolute Gasteiger partial charge is 0.197 e. The molecule has 3 aromatic rings. The lowest BCUT2D eigenvalue weighted by atomic mass is 10.0. The van der Waals surface area contributed by atoms with Gasteiger partial charge in [-0.1, -0.05) is 41.4 Å². The molecule has 0 aliphatic rings. The van der Waals surface area contributed by atoms with Crippen LogP contribution in [0.1, 0.15) is 22.4 Å². The van der Waals surface area contributed by atoms with Gasteiger partial charge in [-0.25, -0.2) is 9.97 Å². The van der Waals surface area contributed by atoms with Gasteiger partial charge >= 0.3 is 0 Å². The third-order valence-electron chi connectivity index (χ3n) is 3.41. The topological polar surface area (TPSA) is 38.9 Å². The van der Waals surface area contributed by atoms with Crippen LogP contribution >= 0.6 is 11.6 Å². The van der Waals surface area contributed by atoms with Gasteiger partial charge in [0.25, 0.3) is 0 Å². The van der Waals surface area contributed by atoms with Gasteiger partial charge in [0.2, 0.25) is 0 Å². The molecule has 21 heavy (non-hydrogen) atoms. The zero-order chi connectivity index (χ0) is 14.8. The van der Waals surface area contributed by atoms with Crippen molar-refractivity contribution in [1.29, 1.82) is 0 Å². The molecule has 2 aromatic heterocycles. The highest BCUT2D eigenvalue weighted by Crippen LogP contribution is 2.24. The molecule has 0 N–H and O–H groups in total. The van der Waals surface area contributed by atoms with Crippen LogP contribution in [0.25, 0.3) is 11.6 Å². The van der Waals surface area contributed by atoms with Gasteiger partial charge in [0.05, 0.1) is 6.26 Å². The first kappa shape index (κ1) is 13.8. The number of hydrogen-bond acceptors (Lipinski definition) is 3. The van der Waals surface area contributed by atoms with Crippen molar-refractivity contribution >= 4 is 11.6 Å². The molecule has 3 nitrogen and oxygen atoms in total. The van der Waals surface area contributed by atoms with Crippen molar-refractivity contribution in [3.63, 3.8) is 0 Å². The summed E-state index contributed by atoms with van der Waals surface area (Å²) in [5, 5.41) is 0.481. The van der Waals surface area contributed by atoms with Gasteiger partial charge < -0.3 is 4.42 Å². The molecule has 3 rings (SSSR count). The maximum absolute atomic E-state index is 6.34. The van der Waals surface area contributed by atoms with Gasteiger partial charge in [-0.3, -0.25) is 0 Å². The highest BCUT2D eigenvalue weighted by molar-refractivity contribution is 6.30. The Hall–Kier alpha value is -2.13. The van der Waals surface area contributed by atoms with Crippen LogP contribution < -0.4 is 0 Å². The molecule has 2 heterocycles. The summed E-state index contributed by atoms with van der Waals surface area (Å²) in [7, 11) is 0. The van der Waals surface area contributed by atoms with Gasteiger partial charge in [0.15, 0.2) is 11.6 Å². The molecule has 0 amide bonds. The minimum absolute atomic E-state index is 0.481. The van der Waals surface area contributed by atoms with Gasteiger partial charge in [-0.05, 0) is 31.5 Å². The summed E-state index contributed by atoms with van der Waals surface area (Å²) in [6, 6.07) is 12.0. The van der Waals surface area contributed by atoms with E-state index in [-0.39, 0.29) is 0 Å². The molecule has 4 heteroatoms. The minimum Gasteiger partial charge on any atom is -0.461 e. The van der Waals surface area contributed by atoms with Crippen molar-refractivity contribution in [2.45, 2.75) is 20.3 Å². The summed E-state index contributed by atoms with van der Waals surface area (Å²) in [5.41, 5.74) is 4.27. The van der Waals surface area contributed by atoms with Crippen molar-refractivity contribution in [3.05, 3.63) is 70.2 Å². The Labute approximate surface area is 128 Å². The van der Waals surface area contributed by atoms with Crippen LogP contribution in [0.3, 0.4) is 0 Å². The van der Waals surface area contributed by atoms with Crippen molar-refractivity contribution < 1.29 is 4.42 Å². The number of benzene rings is 1. The molecular weight excluding hydrogens is 284 g/mol. The number of nitrogens with zero attached hydrogens (tertiary/aromatic N) is 2. The second kappa shape index (κ2) is 5.70. The minimum atomic E-state index is 0.481. The SMILES string of the molecule is Cc1ccc(Cc2c(C)nc(-c3ccco3)nc2Cl)cc1. The van der Waals surface area contributed by atoms with E-state index in [2.05, 4.69) is 41.2 Å². The summed E-state index contributed by atoms with van der Waals surface area (Å²) in [6.45, 7) is 4.02. The monoisotopic (exact) mass is 298 g/mol.